The predicted molar refractivity (Wildman–Crippen MR) is 120 cm³/mol. The Morgan fingerprint density at radius 2 is 1.66 bits per heavy atom. The number of amides is 2. The van der Waals surface area contributed by atoms with Crippen LogP contribution in [0.1, 0.15) is 57.8 Å². The number of piperidine rings is 1. The van der Waals surface area contributed by atoms with Crippen molar-refractivity contribution in [1.29, 1.82) is 0 Å². The fourth-order valence-electron chi connectivity index (χ4n) is 7.45. The second-order valence-corrected chi connectivity index (χ2v) is 10.9. The lowest BCUT2D eigenvalue weighted by Crippen LogP contribution is -2.51. The first-order chi connectivity index (χ1) is 15.6. The Balaban J connectivity index is 0.985. The number of aromatic nitrogens is 1. The first-order valence-corrected chi connectivity index (χ1v) is 12.2. The maximum atomic E-state index is 12.7. The van der Waals surface area contributed by atoms with Crippen molar-refractivity contribution in [2.24, 2.45) is 29.1 Å². The molecule has 0 spiro atoms. The topological polar surface area (TPSA) is 87.5 Å². The number of nitrogens with zero attached hydrogens (tertiary/aromatic N) is 2. The molecule has 4 aliphatic carbocycles. The molecule has 7 rings (SSSR count). The number of benzene rings is 1. The zero-order chi connectivity index (χ0) is 21.7. The summed E-state index contributed by atoms with van der Waals surface area (Å²) in [5.74, 6) is 2.28. The number of nitrogens with one attached hydrogen (secondary N) is 2. The van der Waals surface area contributed by atoms with Gasteiger partial charge in [0.2, 0.25) is 11.8 Å². The van der Waals surface area contributed by atoms with E-state index in [4.69, 9.17) is 4.42 Å². The molecule has 2 heterocycles. The number of oxazole rings is 1. The fraction of sp³-hybridized carbons (Fsp3) is 0.640. The number of fused-ring (bicyclic) bond motifs is 1. The van der Waals surface area contributed by atoms with E-state index in [0.29, 0.717) is 25.5 Å². The third-order valence-electron chi connectivity index (χ3n) is 8.44. The van der Waals surface area contributed by atoms with Gasteiger partial charge in [-0.15, -0.1) is 0 Å². The van der Waals surface area contributed by atoms with E-state index in [9.17, 15) is 9.59 Å². The molecule has 0 atom stereocenters. The largest absolute Gasteiger partial charge is 0.423 e. The molecule has 2 amide bonds. The molecule has 7 heteroatoms. The van der Waals surface area contributed by atoms with Crippen molar-refractivity contribution >= 4 is 28.9 Å². The molecule has 1 aromatic carbocycles. The van der Waals surface area contributed by atoms with Gasteiger partial charge in [0.05, 0.1) is 0 Å². The van der Waals surface area contributed by atoms with E-state index in [0.717, 1.165) is 41.7 Å². The van der Waals surface area contributed by atoms with E-state index in [1.54, 1.807) is 0 Å². The van der Waals surface area contributed by atoms with Crippen LogP contribution >= 0.6 is 0 Å². The van der Waals surface area contributed by atoms with Gasteiger partial charge in [-0.2, -0.15) is 4.98 Å². The molecule has 2 aromatic rings. The molecule has 1 saturated heterocycles. The molecule has 0 radical (unpaired) electrons. The lowest BCUT2D eigenvalue weighted by molar-refractivity contribution is -0.135. The van der Waals surface area contributed by atoms with E-state index in [1.165, 1.54) is 38.5 Å². The van der Waals surface area contributed by atoms with Gasteiger partial charge >= 0.3 is 0 Å². The summed E-state index contributed by atoms with van der Waals surface area (Å²) in [7, 11) is 0. The highest BCUT2D eigenvalue weighted by Gasteiger charge is 2.51. The molecule has 32 heavy (non-hydrogen) atoms. The van der Waals surface area contributed by atoms with Crippen LogP contribution < -0.4 is 15.8 Å². The number of hydrogen-bond acceptors (Lipinski definition) is 5. The average Bonchev–Trinajstić information content (AvgIpc) is 3.21. The average molecular weight is 437 g/mol. The number of anilines is 1. The van der Waals surface area contributed by atoms with Crippen molar-refractivity contribution < 1.29 is 14.0 Å². The van der Waals surface area contributed by atoms with Gasteiger partial charge < -0.3 is 9.32 Å². The van der Waals surface area contributed by atoms with Crippen LogP contribution in [0, 0.1) is 29.1 Å². The third kappa shape index (κ3) is 3.76. The standard InChI is InChI=1S/C25H32N4O3/c30-22(15-25-12-16-9-17(13-25)11-18(10-16)14-25)27-28-23(31)19-5-7-29(8-6-19)24-26-20-3-1-2-4-21(20)32-24/h1-4,16-19H,5-15H2,(H,27,30)(H,28,31). The summed E-state index contributed by atoms with van der Waals surface area (Å²) in [5.41, 5.74) is 7.27. The van der Waals surface area contributed by atoms with Crippen molar-refractivity contribution in [2.75, 3.05) is 18.0 Å². The van der Waals surface area contributed by atoms with E-state index in [2.05, 4.69) is 20.7 Å². The van der Waals surface area contributed by atoms with Gasteiger partial charge in [-0.25, -0.2) is 0 Å². The highest BCUT2D eigenvalue weighted by Crippen LogP contribution is 2.61. The van der Waals surface area contributed by atoms with E-state index < -0.39 is 0 Å². The second kappa shape index (κ2) is 7.78. The maximum absolute atomic E-state index is 12.7. The summed E-state index contributed by atoms with van der Waals surface area (Å²) in [4.78, 5) is 32.0. The Kier molecular flexibility index (Phi) is 4.88. The normalized spacial score (nSPS) is 31.8. The Morgan fingerprint density at radius 1 is 1.00 bits per heavy atom. The maximum Gasteiger partial charge on any atom is 0.298 e. The molecule has 1 aromatic heterocycles. The van der Waals surface area contributed by atoms with Gasteiger partial charge in [-0.1, -0.05) is 12.1 Å². The predicted octanol–water partition coefficient (Wildman–Crippen LogP) is 3.80. The summed E-state index contributed by atoms with van der Waals surface area (Å²) in [6.45, 7) is 1.43. The van der Waals surface area contributed by atoms with Crippen LogP contribution in [0.2, 0.25) is 0 Å². The number of carbonyl (C=O) groups excluding carboxylic acids is 2. The molecule has 5 fully saturated rings. The summed E-state index contributed by atoms with van der Waals surface area (Å²) >= 11 is 0. The van der Waals surface area contributed by atoms with E-state index in [1.807, 2.05) is 24.3 Å². The van der Waals surface area contributed by atoms with Crippen molar-refractivity contribution in [3.63, 3.8) is 0 Å². The van der Waals surface area contributed by atoms with Crippen LogP contribution in [0.3, 0.4) is 0 Å². The Bertz CT molecular complexity index is 955. The molecule has 0 unspecified atom stereocenters. The minimum Gasteiger partial charge on any atom is -0.423 e. The van der Waals surface area contributed by atoms with E-state index in [-0.39, 0.29) is 23.1 Å². The fourth-order valence-corrected chi connectivity index (χ4v) is 7.45. The summed E-state index contributed by atoms with van der Waals surface area (Å²) < 4.78 is 5.85. The Morgan fingerprint density at radius 3 is 2.31 bits per heavy atom. The summed E-state index contributed by atoms with van der Waals surface area (Å²) in [5, 5.41) is 0. The summed E-state index contributed by atoms with van der Waals surface area (Å²) in [6, 6.07) is 8.36. The van der Waals surface area contributed by atoms with Crippen LogP contribution in [0.25, 0.3) is 11.1 Å². The van der Waals surface area contributed by atoms with Gasteiger partial charge in [0, 0.05) is 25.4 Å². The summed E-state index contributed by atoms with van der Waals surface area (Å²) in [6.07, 6.45) is 9.73. The molecule has 4 bridgehead atoms. The second-order valence-electron chi connectivity index (χ2n) is 10.9. The number of hydrogen-bond donors (Lipinski definition) is 2. The van der Waals surface area contributed by atoms with Gasteiger partial charge in [0.15, 0.2) is 5.58 Å². The van der Waals surface area contributed by atoms with Gasteiger partial charge in [0.1, 0.15) is 5.52 Å². The lowest BCUT2D eigenvalue weighted by atomic mass is 9.49. The first kappa shape index (κ1) is 20.1. The molecule has 4 saturated carbocycles. The third-order valence-corrected chi connectivity index (χ3v) is 8.44. The number of rotatable bonds is 4. The van der Waals surface area contributed by atoms with Gasteiger partial charge in [-0.3, -0.25) is 20.4 Å². The Labute approximate surface area is 188 Å². The minimum atomic E-state index is -0.101. The quantitative estimate of drug-likeness (QED) is 0.712. The van der Waals surface area contributed by atoms with Crippen LogP contribution in [-0.4, -0.2) is 29.9 Å². The monoisotopic (exact) mass is 436 g/mol. The Hall–Kier alpha value is -2.57. The van der Waals surface area contributed by atoms with Crippen molar-refractivity contribution in [3.05, 3.63) is 24.3 Å². The number of carbonyl (C=O) groups is 2. The van der Waals surface area contributed by atoms with Crippen molar-refractivity contribution in [2.45, 2.75) is 57.8 Å². The van der Waals surface area contributed by atoms with Crippen LogP contribution in [-0.2, 0) is 9.59 Å². The van der Waals surface area contributed by atoms with E-state index >= 15 is 0 Å². The molecular formula is C25H32N4O3. The molecular weight excluding hydrogens is 404 g/mol. The number of hydrazine groups is 1. The van der Waals surface area contributed by atoms with Gasteiger partial charge in [-0.05, 0) is 86.7 Å². The van der Waals surface area contributed by atoms with Crippen molar-refractivity contribution in [1.82, 2.24) is 15.8 Å². The molecule has 2 N–H and O–H groups in total. The molecule has 5 aliphatic rings. The SMILES string of the molecule is O=C(CC12CC3CC(CC(C3)C1)C2)NNC(=O)C1CCN(c2nc3ccccc3o2)CC1. The molecule has 1 aliphatic heterocycles. The smallest absolute Gasteiger partial charge is 0.298 e. The highest BCUT2D eigenvalue weighted by molar-refractivity contribution is 5.84. The van der Waals surface area contributed by atoms with Crippen LogP contribution in [0.4, 0.5) is 6.01 Å². The van der Waals surface area contributed by atoms with Crippen molar-refractivity contribution in [3.8, 4) is 0 Å². The zero-order valence-corrected chi connectivity index (χ0v) is 18.5. The molecule has 170 valence electrons. The highest BCUT2D eigenvalue weighted by atomic mass is 16.4. The van der Waals surface area contributed by atoms with Gasteiger partial charge in [0.25, 0.3) is 6.01 Å². The minimum absolute atomic E-state index is 0.0239. The van der Waals surface area contributed by atoms with Crippen LogP contribution in [0.5, 0.6) is 0 Å². The molecule has 7 nitrogen and oxygen atoms in total. The van der Waals surface area contributed by atoms with Crippen LogP contribution in [0.15, 0.2) is 28.7 Å². The zero-order valence-electron chi connectivity index (χ0n) is 18.5. The first-order valence-electron chi connectivity index (χ1n) is 12.2. The number of para-hydroxylation sites is 2. The lowest BCUT2D eigenvalue weighted by Gasteiger charge is -2.56.